The van der Waals surface area contributed by atoms with Crippen molar-refractivity contribution in [3.8, 4) is 11.1 Å². The lowest BCUT2D eigenvalue weighted by atomic mass is 9.78. The molecular weight excluding hydrogens is 219 g/mol. The van der Waals surface area contributed by atoms with Crippen LogP contribution in [0.3, 0.4) is 0 Å². The number of carbonyl (C=O) groups excluding carboxylic acids is 1. The Morgan fingerprint density at radius 2 is 1.67 bits per heavy atom. The highest BCUT2D eigenvalue weighted by molar-refractivity contribution is 6.17. The number of rotatable bonds is 1. The van der Waals surface area contributed by atoms with Crippen LogP contribution in [0.15, 0.2) is 36.4 Å². The predicted molar refractivity (Wildman–Crippen MR) is 77.0 cm³/mol. The van der Waals surface area contributed by atoms with Crippen molar-refractivity contribution in [2.24, 2.45) is 0 Å². The van der Waals surface area contributed by atoms with Gasteiger partial charge in [-0.3, -0.25) is 4.79 Å². The smallest absolute Gasteiger partial charge is 0.159 e. The largest absolute Gasteiger partial charge is 0.295 e. The molecule has 2 aromatic carbocycles. The zero-order valence-corrected chi connectivity index (χ0v) is 10.9. The number of hydrogen-bond donors (Lipinski definition) is 0. The maximum Gasteiger partial charge on any atom is 0.159 e. The summed E-state index contributed by atoms with van der Waals surface area (Å²) >= 11 is 0. The number of aryl methyl sites for hydroxylation is 1. The van der Waals surface area contributed by atoms with E-state index in [2.05, 4.69) is 45.1 Å². The van der Waals surface area contributed by atoms with Crippen molar-refractivity contribution in [3.05, 3.63) is 58.7 Å². The van der Waals surface area contributed by atoms with Crippen molar-refractivity contribution in [2.75, 3.05) is 0 Å². The molecule has 1 atom stereocenters. The Kier molecular flexibility index (Phi) is 2.41. The molecule has 0 fully saturated rings. The van der Waals surface area contributed by atoms with Crippen LogP contribution >= 0.6 is 0 Å². The number of hydrogen-bond acceptors (Lipinski definition) is 1. The minimum Gasteiger partial charge on any atom is -0.295 e. The van der Waals surface area contributed by atoms with Gasteiger partial charge < -0.3 is 0 Å². The summed E-state index contributed by atoms with van der Waals surface area (Å²) in [5, 5.41) is 0. The first-order valence-electron chi connectivity index (χ1n) is 6.33. The number of benzene rings is 2. The molecule has 0 aliphatic heterocycles. The maximum absolute atomic E-state index is 11.5. The normalized spacial score (nSPS) is 16.2. The van der Waals surface area contributed by atoms with Crippen LogP contribution in [0.1, 0.15) is 39.8 Å². The average Bonchev–Trinajstić information content (AvgIpc) is 2.62. The van der Waals surface area contributed by atoms with Gasteiger partial charge in [0.2, 0.25) is 0 Å². The van der Waals surface area contributed by atoms with E-state index in [-0.39, 0.29) is 5.78 Å². The molecule has 18 heavy (non-hydrogen) atoms. The fourth-order valence-electron chi connectivity index (χ4n) is 2.84. The van der Waals surface area contributed by atoms with E-state index in [1.807, 2.05) is 6.07 Å². The lowest BCUT2D eigenvalue weighted by Crippen LogP contribution is -1.98. The molecular formula is C16H15BO. The third-order valence-electron chi connectivity index (χ3n) is 3.89. The highest BCUT2D eigenvalue weighted by atomic mass is 16.1. The van der Waals surface area contributed by atoms with Crippen molar-refractivity contribution >= 4 is 13.6 Å². The second-order valence-corrected chi connectivity index (χ2v) is 5.17. The summed E-state index contributed by atoms with van der Waals surface area (Å²) in [4.78, 5) is 11.5. The molecule has 2 heteroatoms. The number of carbonyl (C=O) groups is 1. The summed E-state index contributed by atoms with van der Waals surface area (Å²) in [5.41, 5.74) is 7.36. The molecule has 0 aromatic heterocycles. The van der Waals surface area contributed by atoms with Gasteiger partial charge in [-0.15, -0.1) is 0 Å². The zero-order valence-electron chi connectivity index (χ0n) is 10.9. The van der Waals surface area contributed by atoms with Crippen LogP contribution in [0.4, 0.5) is 0 Å². The van der Waals surface area contributed by atoms with Crippen LogP contribution in [-0.4, -0.2) is 13.6 Å². The molecule has 1 aliphatic rings. The van der Waals surface area contributed by atoms with Crippen LogP contribution in [0, 0.1) is 6.92 Å². The van der Waals surface area contributed by atoms with Crippen LogP contribution in [-0.2, 0) is 0 Å². The van der Waals surface area contributed by atoms with Crippen molar-refractivity contribution in [1.29, 1.82) is 0 Å². The Labute approximate surface area is 108 Å². The van der Waals surface area contributed by atoms with Crippen molar-refractivity contribution < 1.29 is 4.79 Å². The van der Waals surface area contributed by atoms with Gasteiger partial charge >= 0.3 is 0 Å². The summed E-state index contributed by atoms with van der Waals surface area (Å²) < 4.78 is 0. The van der Waals surface area contributed by atoms with E-state index in [1.54, 1.807) is 6.92 Å². The summed E-state index contributed by atoms with van der Waals surface area (Å²) in [5.74, 6) is 0.520. The zero-order chi connectivity index (χ0) is 12.9. The van der Waals surface area contributed by atoms with E-state index in [4.69, 9.17) is 0 Å². The fraction of sp³-hybridized carbons (Fsp3) is 0.188. The van der Waals surface area contributed by atoms with Gasteiger partial charge in [0.05, 0.1) is 0 Å². The minimum atomic E-state index is 0.136. The summed E-state index contributed by atoms with van der Waals surface area (Å²) in [6.45, 7) is 3.75. The molecule has 0 saturated carbocycles. The van der Waals surface area contributed by atoms with Gasteiger partial charge in [-0.05, 0) is 48.0 Å². The molecule has 0 saturated heterocycles. The molecule has 3 rings (SSSR count). The number of ketones is 1. The lowest BCUT2D eigenvalue weighted by molar-refractivity contribution is 0.101. The molecule has 1 unspecified atom stereocenters. The van der Waals surface area contributed by atoms with Crippen LogP contribution in [0.5, 0.6) is 0 Å². The molecule has 0 heterocycles. The molecule has 0 spiro atoms. The Hall–Kier alpha value is -1.83. The van der Waals surface area contributed by atoms with Gasteiger partial charge in [0, 0.05) is 5.56 Å². The highest BCUT2D eigenvalue weighted by Gasteiger charge is 2.25. The number of Topliss-reactive ketones (excluding diaryl/α,β-unsaturated/α-hetero) is 1. The minimum absolute atomic E-state index is 0.136. The first-order valence-corrected chi connectivity index (χ1v) is 6.33. The van der Waals surface area contributed by atoms with E-state index < -0.39 is 0 Å². The van der Waals surface area contributed by atoms with Gasteiger partial charge in [0.15, 0.2) is 5.78 Å². The third-order valence-corrected chi connectivity index (χ3v) is 3.89. The molecule has 88 valence electrons. The fourth-order valence-corrected chi connectivity index (χ4v) is 2.84. The van der Waals surface area contributed by atoms with Crippen molar-refractivity contribution in [2.45, 2.75) is 19.7 Å². The molecule has 1 nitrogen and oxygen atoms in total. The lowest BCUT2D eigenvalue weighted by Gasteiger charge is -2.07. The number of fused-ring (bicyclic) bond motifs is 3. The van der Waals surface area contributed by atoms with Gasteiger partial charge in [-0.1, -0.05) is 35.9 Å². The SMILES string of the molecule is BC1c2cc(C)ccc2-c2ccc(C(C)=O)cc21. The quantitative estimate of drug-likeness (QED) is 0.547. The van der Waals surface area contributed by atoms with Crippen LogP contribution < -0.4 is 0 Å². The van der Waals surface area contributed by atoms with E-state index in [0.717, 1.165) is 5.56 Å². The molecule has 0 amide bonds. The van der Waals surface area contributed by atoms with E-state index >= 15 is 0 Å². The second-order valence-electron chi connectivity index (χ2n) is 5.17. The van der Waals surface area contributed by atoms with Gasteiger partial charge in [0.25, 0.3) is 0 Å². The first kappa shape index (κ1) is 11.3. The van der Waals surface area contributed by atoms with Crippen LogP contribution in [0.25, 0.3) is 11.1 Å². The Bertz CT molecular complexity index is 658. The predicted octanol–water partition coefficient (Wildman–Crippen LogP) is 2.90. The summed E-state index contributed by atoms with van der Waals surface area (Å²) in [6, 6.07) is 12.7. The standard InChI is InChI=1S/C16H15BO/c1-9-3-5-12-13-6-4-11(10(2)18)8-15(13)16(17)14(12)7-9/h3-8,16H,17H2,1-2H3. The third kappa shape index (κ3) is 1.52. The first-order chi connectivity index (χ1) is 8.58. The highest BCUT2D eigenvalue weighted by Crippen LogP contribution is 2.43. The van der Waals surface area contributed by atoms with Gasteiger partial charge in [-0.25, -0.2) is 0 Å². The monoisotopic (exact) mass is 234 g/mol. The molecule has 0 radical (unpaired) electrons. The van der Waals surface area contributed by atoms with Gasteiger partial charge in [0.1, 0.15) is 7.85 Å². The Morgan fingerprint density at radius 1 is 1.06 bits per heavy atom. The molecule has 0 N–H and O–H groups in total. The Balaban J connectivity index is 2.23. The van der Waals surface area contributed by atoms with Crippen LogP contribution in [0.2, 0.25) is 0 Å². The topological polar surface area (TPSA) is 17.1 Å². The van der Waals surface area contributed by atoms with E-state index in [9.17, 15) is 4.79 Å². The molecule has 0 bridgehead atoms. The van der Waals surface area contributed by atoms with Crippen molar-refractivity contribution in [3.63, 3.8) is 0 Å². The molecule has 2 aromatic rings. The summed E-state index contributed by atoms with van der Waals surface area (Å²) in [7, 11) is 2.22. The maximum atomic E-state index is 11.5. The van der Waals surface area contributed by atoms with Crippen molar-refractivity contribution in [1.82, 2.24) is 0 Å². The van der Waals surface area contributed by atoms with Gasteiger partial charge in [-0.2, -0.15) is 0 Å². The van der Waals surface area contributed by atoms with E-state index in [1.165, 1.54) is 27.8 Å². The second kappa shape index (κ2) is 3.84. The summed E-state index contributed by atoms with van der Waals surface area (Å²) in [6.07, 6.45) is 0. The Morgan fingerprint density at radius 3 is 2.33 bits per heavy atom. The molecule has 1 aliphatic carbocycles. The average molecular weight is 234 g/mol. The van der Waals surface area contributed by atoms with E-state index in [0.29, 0.717) is 5.82 Å².